The fraction of sp³-hybridized carbons (Fsp3) is 0.133. The average Bonchev–Trinajstić information content (AvgIpc) is 2.46. The Morgan fingerprint density at radius 1 is 1.25 bits per heavy atom. The molecule has 1 aromatic heterocycles. The molecule has 0 fully saturated rings. The molecule has 1 aromatic carbocycles. The molecule has 0 spiro atoms. The molecule has 2 aromatic rings. The molecule has 0 unspecified atom stereocenters. The van der Waals surface area contributed by atoms with Crippen molar-refractivity contribution in [3.63, 3.8) is 0 Å². The van der Waals surface area contributed by atoms with E-state index in [-0.39, 0.29) is 5.28 Å². The number of nitrogens with one attached hydrogen (secondary N) is 1. The van der Waals surface area contributed by atoms with E-state index in [1.54, 1.807) is 19.3 Å². The molecule has 1 heterocycles. The number of anilines is 2. The molecule has 0 aliphatic heterocycles. The van der Waals surface area contributed by atoms with Gasteiger partial charge in [-0.3, -0.25) is 4.99 Å². The Labute approximate surface area is 123 Å². The standard InChI is InChI=1S/C15H15ClN4/c1-3-11(10-17-2)12-4-6-13(7-5-12)19-14-8-9-18-15(16)20-14/h3-10H,1-2H3,(H,18,19,20)/b11-3+,17-10?. The lowest BCUT2D eigenvalue weighted by atomic mass is 10.1. The summed E-state index contributed by atoms with van der Waals surface area (Å²) < 4.78 is 0. The summed E-state index contributed by atoms with van der Waals surface area (Å²) in [5.74, 6) is 0.666. The van der Waals surface area contributed by atoms with Crippen LogP contribution in [0.25, 0.3) is 5.57 Å². The monoisotopic (exact) mass is 286 g/mol. The minimum Gasteiger partial charge on any atom is -0.340 e. The molecule has 5 heteroatoms. The Balaban J connectivity index is 2.16. The molecule has 4 nitrogen and oxygen atoms in total. The number of halogens is 1. The molecule has 102 valence electrons. The van der Waals surface area contributed by atoms with Gasteiger partial charge in [0.25, 0.3) is 0 Å². The number of allylic oxidation sites excluding steroid dienone is 2. The van der Waals surface area contributed by atoms with Gasteiger partial charge in [-0.2, -0.15) is 0 Å². The Morgan fingerprint density at radius 3 is 2.60 bits per heavy atom. The first-order valence-corrected chi connectivity index (χ1v) is 6.55. The minimum atomic E-state index is 0.224. The van der Waals surface area contributed by atoms with Gasteiger partial charge in [-0.15, -0.1) is 0 Å². The van der Waals surface area contributed by atoms with Crippen LogP contribution in [-0.4, -0.2) is 23.2 Å². The molecule has 0 saturated heterocycles. The van der Waals surface area contributed by atoms with Crippen molar-refractivity contribution in [2.75, 3.05) is 12.4 Å². The number of hydrogen-bond acceptors (Lipinski definition) is 4. The SMILES string of the molecule is C/C=C(\C=NC)c1ccc(Nc2ccnc(Cl)n2)cc1. The number of benzene rings is 1. The van der Waals surface area contributed by atoms with Gasteiger partial charge in [0.2, 0.25) is 5.28 Å². The molecule has 0 saturated carbocycles. The predicted octanol–water partition coefficient (Wildman–Crippen LogP) is 3.98. The summed E-state index contributed by atoms with van der Waals surface area (Å²) in [5.41, 5.74) is 3.14. The highest BCUT2D eigenvalue weighted by atomic mass is 35.5. The normalized spacial score (nSPS) is 11.8. The first-order chi connectivity index (χ1) is 9.72. The zero-order chi connectivity index (χ0) is 14.4. The van der Waals surface area contributed by atoms with Crippen molar-refractivity contribution in [3.05, 3.63) is 53.5 Å². The van der Waals surface area contributed by atoms with Crippen LogP contribution < -0.4 is 5.32 Å². The van der Waals surface area contributed by atoms with Crippen molar-refractivity contribution in [3.8, 4) is 0 Å². The van der Waals surface area contributed by atoms with Crippen molar-refractivity contribution in [2.45, 2.75) is 6.92 Å². The van der Waals surface area contributed by atoms with Crippen LogP contribution >= 0.6 is 11.6 Å². The van der Waals surface area contributed by atoms with Crippen LogP contribution in [0.1, 0.15) is 12.5 Å². The van der Waals surface area contributed by atoms with E-state index in [2.05, 4.69) is 20.3 Å². The van der Waals surface area contributed by atoms with E-state index in [0.717, 1.165) is 16.8 Å². The molecule has 0 bridgehead atoms. The van der Waals surface area contributed by atoms with E-state index >= 15 is 0 Å². The van der Waals surface area contributed by atoms with Gasteiger partial charge in [0.15, 0.2) is 0 Å². The molecular formula is C15H15ClN4. The van der Waals surface area contributed by atoms with Crippen molar-refractivity contribution in [1.82, 2.24) is 9.97 Å². The van der Waals surface area contributed by atoms with Gasteiger partial charge < -0.3 is 5.32 Å². The lowest BCUT2D eigenvalue weighted by Gasteiger charge is -2.07. The number of rotatable bonds is 4. The molecule has 0 atom stereocenters. The third-order valence-electron chi connectivity index (χ3n) is 2.70. The summed E-state index contributed by atoms with van der Waals surface area (Å²) in [5, 5.41) is 3.40. The van der Waals surface area contributed by atoms with Crippen LogP contribution in [0.2, 0.25) is 5.28 Å². The van der Waals surface area contributed by atoms with E-state index in [0.29, 0.717) is 5.82 Å². The Bertz CT molecular complexity index is 633. The van der Waals surface area contributed by atoms with Gasteiger partial charge in [-0.25, -0.2) is 9.97 Å². The smallest absolute Gasteiger partial charge is 0.224 e. The molecule has 2 rings (SSSR count). The summed E-state index contributed by atoms with van der Waals surface area (Å²) in [6, 6.07) is 9.79. The van der Waals surface area contributed by atoms with Crippen molar-refractivity contribution < 1.29 is 0 Å². The second-order valence-electron chi connectivity index (χ2n) is 4.04. The third kappa shape index (κ3) is 3.65. The number of nitrogens with zero attached hydrogens (tertiary/aromatic N) is 3. The van der Waals surface area contributed by atoms with Crippen LogP contribution in [0.4, 0.5) is 11.5 Å². The van der Waals surface area contributed by atoms with Gasteiger partial charge in [0, 0.05) is 25.1 Å². The van der Waals surface area contributed by atoms with Gasteiger partial charge >= 0.3 is 0 Å². The van der Waals surface area contributed by atoms with Gasteiger partial charge in [-0.1, -0.05) is 18.2 Å². The Hall–Kier alpha value is -2.20. The third-order valence-corrected chi connectivity index (χ3v) is 2.88. The van der Waals surface area contributed by atoms with Gasteiger partial charge in [-0.05, 0) is 47.9 Å². The van der Waals surface area contributed by atoms with E-state index in [1.165, 1.54) is 0 Å². The van der Waals surface area contributed by atoms with Crippen LogP contribution in [0, 0.1) is 0 Å². The number of aliphatic imine (C=N–C) groups is 1. The molecule has 0 radical (unpaired) electrons. The summed E-state index contributed by atoms with van der Waals surface area (Å²) in [4.78, 5) is 12.0. The maximum absolute atomic E-state index is 5.75. The van der Waals surface area contributed by atoms with E-state index in [1.807, 2.05) is 43.5 Å². The maximum atomic E-state index is 5.75. The predicted molar refractivity (Wildman–Crippen MR) is 84.8 cm³/mol. The van der Waals surface area contributed by atoms with Crippen LogP contribution in [-0.2, 0) is 0 Å². The minimum absolute atomic E-state index is 0.224. The molecule has 0 amide bonds. The van der Waals surface area contributed by atoms with Gasteiger partial charge in [0.1, 0.15) is 5.82 Å². The molecule has 20 heavy (non-hydrogen) atoms. The first kappa shape index (κ1) is 14.2. The topological polar surface area (TPSA) is 50.2 Å². The number of aromatic nitrogens is 2. The second-order valence-corrected chi connectivity index (χ2v) is 4.38. The summed E-state index contributed by atoms with van der Waals surface area (Å²) in [6.45, 7) is 1.99. The van der Waals surface area contributed by atoms with E-state index < -0.39 is 0 Å². The zero-order valence-corrected chi connectivity index (χ0v) is 12.1. The lowest BCUT2D eigenvalue weighted by Crippen LogP contribution is -1.95. The highest BCUT2D eigenvalue weighted by Gasteiger charge is 2.00. The highest BCUT2D eigenvalue weighted by Crippen LogP contribution is 2.19. The van der Waals surface area contributed by atoms with Crippen LogP contribution in [0.3, 0.4) is 0 Å². The summed E-state index contributed by atoms with van der Waals surface area (Å²) in [7, 11) is 1.76. The lowest BCUT2D eigenvalue weighted by molar-refractivity contribution is 1.17. The molecule has 1 N–H and O–H groups in total. The average molecular weight is 287 g/mol. The first-order valence-electron chi connectivity index (χ1n) is 6.17. The van der Waals surface area contributed by atoms with Crippen molar-refractivity contribution >= 4 is 34.9 Å². The molecule has 0 aliphatic carbocycles. The maximum Gasteiger partial charge on any atom is 0.224 e. The Kier molecular flexibility index (Phi) is 4.85. The van der Waals surface area contributed by atoms with Crippen LogP contribution in [0.15, 0.2) is 47.6 Å². The zero-order valence-electron chi connectivity index (χ0n) is 11.3. The van der Waals surface area contributed by atoms with Crippen LogP contribution in [0.5, 0.6) is 0 Å². The van der Waals surface area contributed by atoms with E-state index in [4.69, 9.17) is 11.6 Å². The molecular weight excluding hydrogens is 272 g/mol. The second kappa shape index (κ2) is 6.82. The highest BCUT2D eigenvalue weighted by molar-refractivity contribution is 6.28. The number of hydrogen-bond donors (Lipinski definition) is 1. The fourth-order valence-electron chi connectivity index (χ4n) is 1.75. The van der Waals surface area contributed by atoms with Crippen molar-refractivity contribution in [1.29, 1.82) is 0 Å². The largest absolute Gasteiger partial charge is 0.340 e. The Morgan fingerprint density at radius 2 is 2.00 bits per heavy atom. The summed E-state index contributed by atoms with van der Waals surface area (Å²) in [6.07, 6.45) is 5.48. The van der Waals surface area contributed by atoms with Gasteiger partial charge in [0.05, 0.1) is 0 Å². The summed E-state index contributed by atoms with van der Waals surface area (Å²) >= 11 is 5.75. The van der Waals surface area contributed by atoms with E-state index in [9.17, 15) is 0 Å². The van der Waals surface area contributed by atoms with Crippen molar-refractivity contribution in [2.24, 2.45) is 4.99 Å². The fourth-order valence-corrected chi connectivity index (χ4v) is 1.90. The molecule has 0 aliphatic rings. The quantitative estimate of drug-likeness (QED) is 0.683.